The van der Waals surface area contributed by atoms with Gasteiger partial charge in [0.1, 0.15) is 0 Å². The molecule has 1 aromatic rings. The minimum absolute atomic E-state index is 0. The summed E-state index contributed by atoms with van der Waals surface area (Å²) in [7, 11) is 0. The highest BCUT2D eigenvalue weighted by Gasteiger charge is 2.18. The van der Waals surface area contributed by atoms with Crippen molar-refractivity contribution < 1.29 is 4.79 Å². The molecule has 1 aromatic carbocycles. The molecule has 1 aliphatic rings. The molecule has 1 atom stereocenters. The molecule has 1 amide bonds. The van der Waals surface area contributed by atoms with Gasteiger partial charge in [-0.3, -0.25) is 9.69 Å². The molecule has 1 heterocycles. The third-order valence-corrected chi connectivity index (χ3v) is 4.52. The van der Waals surface area contributed by atoms with E-state index < -0.39 is 6.04 Å². The number of carbonyl (C=O) groups excluding carboxylic acids is 1. The van der Waals surface area contributed by atoms with E-state index in [2.05, 4.69) is 29.3 Å². The fourth-order valence-electron chi connectivity index (χ4n) is 2.70. The van der Waals surface area contributed by atoms with Crippen molar-refractivity contribution in [3.8, 4) is 0 Å². The van der Waals surface area contributed by atoms with Gasteiger partial charge in [-0.2, -0.15) is 0 Å². The highest BCUT2D eigenvalue weighted by molar-refractivity contribution is 5.94. The van der Waals surface area contributed by atoms with Crippen LogP contribution in [0.1, 0.15) is 39.2 Å². The van der Waals surface area contributed by atoms with Crippen LogP contribution < -0.4 is 11.1 Å². The van der Waals surface area contributed by atoms with Crippen LogP contribution in [0.15, 0.2) is 24.3 Å². The highest BCUT2D eigenvalue weighted by atomic mass is 35.5. The molecule has 0 aliphatic carbocycles. The molecule has 2 rings (SSSR count). The summed E-state index contributed by atoms with van der Waals surface area (Å²) in [4.78, 5) is 14.4. The van der Waals surface area contributed by atoms with Crippen molar-refractivity contribution in [3.05, 3.63) is 29.8 Å². The van der Waals surface area contributed by atoms with Crippen molar-refractivity contribution in [2.45, 2.75) is 46.2 Å². The zero-order chi connectivity index (χ0) is 16.1. The normalized spacial score (nSPS) is 17.6. The number of carbonyl (C=O) groups is 1. The van der Waals surface area contributed by atoms with E-state index in [-0.39, 0.29) is 24.2 Å². The Morgan fingerprint density at radius 3 is 2.35 bits per heavy atom. The summed E-state index contributed by atoms with van der Waals surface area (Å²) < 4.78 is 0. The van der Waals surface area contributed by atoms with E-state index >= 15 is 0 Å². The van der Waals surface area contributed by atoms with Gasteiger partial charge in [0.2, 0.25) is 5.91 Å². The second-order valence-electron chi connectivity index (χ2n) is 6.91. The molecule has 0 saturated carbocycles. The number of nitrogens with one attached hydrogen (secondary N) is 1. The monoisotopic (exact) mass is 339 g/mol. The first-order chi connectivity index (χ1) is 10.5. The average Bonchev–Trinajstić information content (AvgIpc) is 2.50. The molecule has 4 nitrogen and oxygen atoms in total. The number of hydrogen-bond acceptors (Lipinski definition) is 3. The number of nitrogens with two attached hydrogens (primary N) is 1. The Bertz CT molecular complexity index is 482. The Morgan fingerprint density at radius 2 is 1.83 bits per heavy atom. The molecule has 0 aromatic heterocycles. The number of nitrogens with zero attached hydrogens (tertiary/aromatic N) is 1. The average molecular weight is 340 g/mol. The number of amides is 1. The van der Waals surface area contributed by atoms with Crippen LogP contribution in [0.3, 0.4) is 0 Å². The van der Waals surface area contributed by atoms with Crippen LogP contribution in [-0.2, 0) is 11.3 Å². The number of likely N-dealkylation sites (tertiary alicyclic amines) is 1. The van der Waals surface area contributed by atoms with Crippen LogP contribution in [0.5, 0.6) is 0 Å². The maximum Gasteiger partial charge on any atom is 0.241 e. The lowest BCUT2D eigenvalue weighted by Gasteiger charge is -2.30. The van der Waals surface area contributed by atoms with Gasteiger partial charge in [0.15, 0.2) is 0 Å². The van der Waals surface area contributed by atoms with Gasteiger partial charge in [-0.25, -0.2) is 0 Å². The van der Waals surface area contributed by atoms with Gasteiger partial charge in [0.05, 0.1) is 6.04 Å². The predicted molar refractivity (Wildman–Crippen MR) is 98.8 cm³/mol. The van der Waals surface area contributed by atoms with Crippen LogP contribution in [-0.4, -0.2) is 29.9 Å². The predicted octanol–water partition coefficient (Wildman–Crippen LogP) is 3.26. The van der Waals surface area contributed by atoms with E-state index in [9.17, 15) is 4.79 Å². The lowest BCUT2D eigenvalue weighted by atomic mass is 9.99. The van der Waals surface area contributed by atoms with E-state index in [0.29, 0.717) is 0 Å². The summed E-state index contributed by atoms with van der Waals surface area (Å²) >= 11 is 0. The van der Waals surface area contributed by atoms with Crippen LogP contribution in [0.25, 0.3) is 0 Å². The van der Waals surface area contributed by atoms with Gasteiger partial charge in [-0.05, 0) is 55.5 Å². The quantitative estimate of drug-likeness (QED) is 0.865. The fraction of sp³-hybridized carbons (Fsp3) is 0.611. The molecule has 1 fully saturated rings. The highest BCUT2D eigenvalue weighted by Crippen LogP contribution is 2.19. The zero-order valence-corrected chi connectivity index (χ0v) is 15.2. The minimum Gasteiger partial charge on any atom is -0.325 e. The zero-order valence-electron chi connectivity index (χ0n) is 14.4. The van der Waals surface area contributed by atoms with Gasteiger partial charge in [-0.1, -0.05) is 32.9 Å². The molecule has 0 unspecified atom stereocenters. The number of anilines is 1. The van der Waals surface area contributed by atoms with E-state index in [1.165, 1.54) is 31.5 Å². The second-order valence-corrected chi connectivity index (χ2v) is 6.91. The maximum absolute atomic E-state index is 11.9. The maximum atomic E-state index is 11.9. The number of halogens is 1. The van der Waals surface area contributed by atoms with E-state index in [1.54, 1.807) is 0 Å². The lowest BCUT2D eigenvalue weighted by molar-refractivity contribution is -0.118. The van der Waals surface area contributed by atoms with E-state index in [0.717, 1.165) is 18.2 Å². The molecule has 5 heteroatoms. The molecule has 0 spiro atoms. The number of benzene rings is 1. The summed E-state index contributed by atoms with van der Waals surface area (Å²) in [6, 6.07) is 7.65. The summed E-state index contributed by atoms with van der Waals surface area (Å²) in [6.45, 7) is 9.59. The molecule has 0 bridgehead atoms. The first-order valence-electron chi connectivity index (χ1n) is 8.33. The van der Waals surface area contributed by atoms with Crippen LogP contribution >= 0.6 is 12.4 Å². The first-order valence-corrected chi connectivity index (χ1v) is 8.33. The minimum atomic E-state index is -0.463. The molecule has 1 aliphatic heterocycles. The van der Waals surface area contributed by atoms with E-state index in [1.807, 2.05) is 26.0 Å². The summed E-state index contributed by atoms with van der Waals surface area (Å²) in [6.07, 6.45) is 2.59. The molecule has 0 radical (unpaired) electrons. The topological polar surface area (TPSA) is 58.4 Å². The van der Waals surface area contributed by atoms with Crippen molar-refractivity contribution >= 4 is 24.0 Å². The third kappa shape index (κ3) is 6.13. The van der Waals surface area contributed by atoms with Crippen LogP contribution in [0, 0.1) is 11.8 Å². The Hall–Kier alpha value is -1.10. The molecule has 1 saturated heterocycles. The van der Waals surface area contributed by atoms with Crippen molar-refractivity contribution in [1.82, 2.24) is 4.90 Å². The molecule has 3 N–H and O–H groups in total. The molecule has 23 heavy (non-hydrogen) atoms. The van der Waals surface area contributed by atoms with Crippen LogP contribution in [0.4, 0.5) is 5.69 Å². The van der Waals surface area contributed by atoms with Crippen molar-refractivity contribution in [2.75, 3.05) is 18.4 Å². The lowest BCUT2D eigenvalue weighted by Crippen LogP contribution is -2.39. The van der Waals surface area contributed by atoms with Gasteiger partial charge >= 0.3 is 0 Å². The van der Waals surface area contributed by atoms with Crippen LogP contribution in [0.2, 0.25) is 0 Å². The van der Waals surface area contributed by atoms with Crippen molar-refractivity contribution in [3.63, 3.8) is 0 Å². The standard InChI is InChI=1S/C18H29N3O.ClH/c1-13(2)17(19)18(22)20-16-6-4-15(5-7-16)12-21-10-8-14(3)9-11-21;/h4-7,13-14,17H,8-12,19H2,1-3H3,(H,20,22);1H/t17-;/m0./s1. The second kappa shape index (κ2) is 9.26. The number of hydrogen-bond donors (Lipinski definition) is 2. The summed E-state index contributed by atoms with van der Waals surface area (Å²) in [5.41, 5.74) is 7.96. The Morgan fingerprint density at radius 1 is 1.26 bits per heavy atom. The van der Waals surface area contributed by atoms with Gasteiger partial charge < -0.3 is 11.1 Å². The van der Waals surface area contributed by atoms with Gasteiger partial charge in [0.25, 0.3) is 0 Å². The fourth-order valence-corrected chi connectivity index (χ4v) is 2.70. The number of rotatable bonds is 5. The Labute approximate surface area is 146 Å². The smallest absolute Gasteiger partial charge is 0.241 e. The van der Waals surface area contributed by atoms with E-state index in [4.69, 9.17) is 5.73 Å². The summed E-state index contributed by atoms with van der Waals surface area (Å²) in [5, 5.41) is 2.88. The third-order valence-electron chi connectivity index (χ3n) is 4.52. The molecular weight excluding hydrogens is 310 g/mol. The molecule has 130 valence electrons. The largest absolute Gasteiger partial charge is 0.325 e. The Kier molecular flexibility index (Phi) is 8.03. The molecular formula is C18H30ClN3O. The van der Waals surface area contributed by atoms with Gasteiger partial charge in [0, 0.05) is 12.2 Å². The SMILES string of the molecule is CC1CCN(Cc2ccc(NC(=O)[C@@H](N)C(C)C)cc2)CC1.Cl. The van der Waals surface area contributed by atoms with Crippen molar-refractivity contribution in [2.24, 2.45) is 17.6 Å². The number of piperidine rings is 1. The first kappa shape index (κ1) is 19.9. The summed E-state index contributed by atoms with van der Waals surface area (Å²) in [5.74, 6) is 0.882. The Balaban J connectivity index is 0.00000264. The van der Waals surface area contributed by atoms with Crippen molar-refractivity contribution in [1.29, 1.82) is 0 Å². The van der Waals surface area contributed by atoms with Gasteiger partial charge in [-0.15, -0.1) is 12.4 Å².